The summed E-state index contributed by atoms with van der Waals surface area (Å²) in [4.78, 5) is 23.0. The highest BCUT2D eigenvalue weighted by Crippen LogP contribution is 2.52. The van der Waals surface area contributed by atoms with Crippen molar-refractivity contribution in [3.05, 3.63) is 0 Å². The van der Waals surface area contributed by atoms with Crippen LogP contribution in [0.4, 0.5) is 13.2 Å². The quantitative estimate of drug-likeness (QED) is 0.781. The van der Waals surface area contributed by atoms with Gasteiger partial charge in [-0.15, -0.1) is 0 Å². The smallest absolute Gasteiger partial charge is 0.310 e. The molecule has 5 unspecified atom stereocenters. The molecule has 0 aliphatic heterocycles. The zero-order valence-electron chi connectivity index (χ0n) is 10.1. The highest BCUT2D eigenvalue weighted by Gasteiger charge is 2.55. The number of fused-ring (bicyclic) bond motifs is 2. The first-order valence-electron chi connectivity index (χ1n) is 6.23. The van der Waals surface area contributed by atoms with E-state index < -0.39 is 43.0 Å². The Morgan fingerprint density at radius 1 is 1.21 bits per heavy atom. The van der Waals surface area contributed by atoms with Crippen LogP contribution in [0.15, 0.2) is 0 Å². The molecule has 0 aromatic heterocycles. The molecule has 0 heterocycles. The Hall–Kier alpha value is -1.27. The van der Waals surface area contributed by atoms with Crippen molar-refractivity contribution in [1.82, 2.24) is 0 Å². The third kappa shape index (κ3) is 2.55. The topological polar surface area (TPSA) is 63.6 Å². The van der Waals surface area contributed by atoms with E-state index in [4.69, 9.17) is 5.11 Å². The van der Waals surface area contributed by atoms with E-state index >= 15 is 0 Å². The first-order valence-corrected chi connectivity index (χ1v) is 6.23. The fourth-order valence-electron chi connectivity index (χ4n) is 3.36. The van der Waals surface area contributed by atoms with Gasteiger partial charge in [0.2, 0.25) is 0 Å². The first-order chi connectivity index (χ1) is 8.95. The lowest BCUT2D eigenvalue weighted by Gasteiger charge is -2.27. The summed E-state index contributed by atoms with van der Waals surface area (Å²) in [5.41, 5.74) is 0. The van der Waals surface area contributed by atoms with Gasteiger partial charge < -0.3 is 9.84 Å². The van der Waals surface area contributed by atoms with E-state index in [2.05, 4.69) is 4.74 Å². The molecule has 4 nitrogen and oxygen atoms in total. The molecule has 2 aliphatic rings. The zero-order valence-corrected chi connectivity index (χ0v) is 10.1. The van der Waals surface area contributed by atoms with Gasteiger partial charge in [-0.25, -0.2) is 13.2 Å². The molecule has 0 aromatic rings. The fourth-order valence-corrected chi connectivity index (χ4v) is 3.36. The largest absolute Gasteiger partial charge is 0.481 e. The molecule has 108 valence electrons. The maximum absolute atomic E-state index is 12.4. The lowest BCUT2D eigenvalue weighted by Crippen LogP contribution is -2.39. The predicted molar refractivity (Wildman–Crippen MR) is 57.3 cm³/mol. The van der Waals surface area contributed by atoms with Crippen LogP contribution in [0.2, 0.25) is 0 Å². The Morgan fingerprint density at radius 2 is 1.79 bits per heavy atom. The van der Waals surface area contributed by atoms with Gasteiger partial charge in [0, 0.05) is 0 Å². The fraction of sp³-hybridized carbons (Fsp3) is 0.833. The van der Waals surface area contributed by atoms with Crippen molar-refractivity contribution in [3.8, 4) is 0 Å². The average molecular weight is 280 g/mol. The van der Waals surface area contributed by atoms with Crippen molar-refractivity contribution in [2.24, 2.45) is 23.7 Å². The van der Waals surface area contributed by atoms with Crippen LogP contribution in [-0.4, -0.2) is 36.2 Å². The van der Waals surface area contributed by atoms with E-state index in [-0.39, 0.29) is 11.8 Å². The summed E-state index contributed by atoms with van der Waals surface area (Å²) >= 11 is 0. The van der Waals surface area contributed by atoms with Crippen LogP contribution >= 0.6 is 0 Å². The molecule has 19 heavy (non-hydrogen) atoms. The van der Waals surface area contributed by atoms with E-state index in [0.717, 1.165) is 6.42 Å². The van der Waals surface area contributed by atoms with Crippen LogP contribution in [0.25, 0.3) is 0 Å². The zero-order chi connectivity index (χ0) is 14.2. The molecule has 2 aliphatic carbocycles. The molecule has 2 saturated carbocycles. The number of esters is 1. The average Bonchev–Trinajstić information content (AvgIpc) is 2.94. The van der Waals surface area contributed by atoms with E-state index in [1.807, 2.05) is 0 Å². The Bertz CT molecular complexity index is 374. The van der Waals surface area contributed by atoms with Gasteiger partial charge in [-0.3, -0.25) is 9.59 Å². The second kappa shape index (κ2) is 5.38. The molecule has 0 radical (unpaired) electrons. The van der Waals surface area contributed by atoms with Crippen molar-refractivity contribution >= 4 is 11.9 Å². The minimum Gasteiger partial charge on any atom is -0.481 e. The van der Waals surface area contributed by atoms with Crippen LogP contribution in [0.1, 0.15) is 19.3 Å². The Kier molecular flexibility index (Phi) is 4.01. The van der Waals surface area contributed by atoms with Crippen LogP contribution in [0.3, 0.4) is 0 Å². The molecule has 1 N–H and O–H groups in total. The summed E-state index contributed by atoms with van der Waals surface area (Å²) in [5, 5.41) is 9.13. The molecular weight excluding hydrogens is 265 g/mol. The SMILES string of the molecule is O=C(O)C1C2CCC(C2)C1C(=O)OC(CF)C(F)F. The van der Waals surface area contributed by atoms with E-state index in [1.54, 1.807) is 0 Å². The number of rotatable bonds is 5. The maximum Gasteiger partial charge on any atom is 0.310 e. The van der Waals surface area contributed by atoms with Gasteiger partial charge >= 0.3 is 11.9 Å². The van der Waals surface area contributed by atoms with Crippen LogP contribution < -0.4 is 0 Å². The molecule has 0 saturated heterocycles. The van der Waals surface area contributed by atoms with Gasteiger partial charge in [0.15, 0.2) is 6.10 Å². The van der Waals surface area contributed by atoms with Crippen molar-refractivity contribution in [1.29, 1.82) is 0 Å². The number of alkyl halides is 3. The van der Waals surface area contributed by atoms with Gasteiger partial charge in [0.05, 0.1) is 11.8 Å². The summed E-state index contributed by atoms with van der Waals surface area (Å²) in [6.07, 6.45) is -3.17. The molecule has 0 spiro atoms. The highest BCUT2D eigenvalue weighted by atomic mass is 19.3. The third-order valence-corrected chi connectivity index (χ3v) is 4.17. The van der Waals surface area contributed by atoms with Gasteiger partial charge in [-0.05, 0) is 31.1 Å². The number of halogens is 3. The molecule has 2 fully saturated rings. The van der Waals surface area contributed by atoms with Crippen molar-refractivity contribution < 1.29 is 32.6 Å². The van der Waals surface area contributed by atoms with Crippen LogP contribution in [0, 0.1) is 23.7 Å². The monoisotopic (exact) mass is 280 g/mol. The number of ether oxygens (including phenoxy) is 1. The number of carboxylic acid groups (broad SMARTS) is 1. The second-order valence-corrected chi connectivity index (χ2v) is 5.19. The van der Waals surface area contributed by atoms with E-state index in [1.165, 1.54) is 0 Å². The number of hydrogen-bond donors (Lipinski definition) is 1. The van der Waals surface area contributed by atoms with Gasteiger partial charge in [-0.2, -0.15) is 0 Å². The van der Waals surface area contributed by atoms with Crippen molar-refractivity contribution in [3.63, 3.8) is 0 Å². The standard InChI is InChI=1S/C12H15F3O4/c13-4-7(10(14)15)19-12(18)9-6-2-1-5(3-6)8(9)11(16)17/h5-10H,1-4H2,(H,16,17). The Morgan fingerprint density at radius 3 is 2.26 bits per heavy atom. The normalized spacial score (nSPS) is 34.5. The maximum atomic E-state index is 12.4. The molecule has 0 aromatic carbocycles. The summed E-state index contributed by atoms with van der Waals surface area (Å²) in [6, 6.07) is 0. The highest BCUT2D eigenvalue weighted by molar-refractivity contribution is 5.82. The Balaban J connectivity index is 2.07. The van der Waals surface area contributed by atoms with E-state index in [9.17, 15) is 22.8 Å². The van der Waals surface area contributed by atoms with E-state index in [0.29, 0.717) is 12.8 Å². The summed E-state index contributed by atoms with van der Waals surface area (Å²) in [6.45, 7) is -1.47. The summed E-state index contributed by atoms with van der Waals surface area (Å²) < 4.78 is 41.5. The lowest BCUT2D eigenvalue weighted by atomic mass is 9.79. The molecular formula is C12H15F3O4. The predicted octanol–water partition coefficient (Wildman–Crippen LogP) is 1.88. The first kappa shape index (κ1) is 14.1. The van der Waals surface area contributed by atoms with Gasteiger partial charge in [-0.1, -0.05) is 0 Å². The number of carbonyl (C=O) groups is 2. The molecule has 7 heteroatoms. The molecule has 2 rings (SSSR count). The summed E-state index contributed by atoms with van der Waals surface area (Å²) in [7, 11) is 0. The van der Waals surface area contributed by atoms with Crippen LogP contribution in [0.5, 0.6) is 0 Å². The molecule has 0 amide bonds. The molecule has 2 bridgehead atoms. The Labute approximate surface area is 107 Å². The minimum absolute atomic E-state index is 0.101. The van der Waals surface area contributed by atoms with Crippen molar-refractivity contribution in [2.45, 2.75) is 31.8 Å². The number of hydrogen-bond acceptors (Lipinski definition) is 3. The number of aliphatic carboxylic acids is 1. The van der Waals surface area contributed by atoms with Gasteiger partial charge in [0.25, 0.3) is 6.43 Å². The summed E-state index contributed by atoms with van der Waals surface area (Å²) in [5.74, 6) is -4.15. The third-order valence-electron chi connectivity index (χ3n) is 4.17. The minimum atomic E-state index is -3.10. The van der Waals surface area contributed by atoms with Crippen LogP contribution in [-0.2, 0) is 14.3 Å². The second-order valence-electron chi connectivity index (χ2n) is 5.19. The molecule has 5 atom stereocenters. The van der Waals surface area contributed by atoms with Gasteiger partial charge in [0.1, 0.15) is 6.67 Å². The lowest BCUT2D eigenvalue weighted by molar-refractivity contribution is -0.171. The number of carbonyl (C=O) groups excluding carboxylic acids is 1. The van der Waals surface area contributed by atoms with Crippen molar-refractivity contribution in [2.75, 3.05) is 6.67 Å². The number of carboxylic acids is 1.